The Balaban J connectivity index is 0.000000152. The van der Waals surface area contributed by atoms with Crippen LogP contribution in [0.3, 0.4) is 0 Å². The first kappa shape index (κ1) is 36.8. The second-order valence-corrected chi connectivity index (χ2v) is 13.3. The largest absolute Gasteiger partial charge is 0.333 e. The predicted molar refractivity (Wildman–Crippen MR) is 207 cm³/mol. The van der Waals surface area contributed by atoms with Crippen LogP contribution in [0.2, 0.25) is 5.15 Å². The maximum Gasteiger partial charge on any atom is 0.333 e. The van der Waals surface area contributed by atoms with Gasteiger partial charge in [-0.25, -0.2) is 9.97 Å². The Morgan fingerprint density at radius 1 is 0.525 bits per heavy atom. The van der Waals surface area contributed by atoms with E-state index in [0.29, 0.717) is 44.3 Å². The van der Waals surface area contributed by atoms with Crippen molar-refractivity contribution < 1.29 is 17.6 Å². The molecule has 8 heterocycles. The number of alkyl halides is 4. The van der Waals surface area contributed by atoms with Gasteiger partial charge < -0.3 is 0 Å². The van der Waals surface area contributed by atoms with Crippen LogP contribution in [0.4, 0.5) is 17.6 Å². The third-order valence-electron chi connectivity index (χ3n) is 9.21. The molecular formula is C41H22ClF4N13. The van der Waals surface area contributed by atoms with Crippen molar-refractivity contribution in [1.29, 1.82) is 5.26 Å². The van der Waals surface area contributed by atoms with Gasteiger partial charge in [0, 0.05) is 57.8 Å². The molecule has 0 N–H and O–H groups in total. The Bertz CT molecular complexity index is 3260. The molecule has 8 aromatic heterocycles. The number of nitriles is 1. The molecule has 10 aromatic rings. The molecule has 0 unspecified atom stereocenters. The van der Waals surface area contributed by atoms with Crippen LogP contribution in [0.15, 0.2) is 134 Å². The lowest BCUT2D eigenvalue weighted by Crippen LogP contribution is -2.20. The maximum absolute atomic E-state index is 15.4. The summed E-state index contributed by atoms with van der Waals surface area (Å²) < 4.78 is 63.6. The van der Waals surface area contributed by atoms with Crippen molar-refractivity contribution in [3.8, 4) is 28.6 Å². The summed E-state index contributed by atoms with van der Waals surface area (Å²) in [5, 5.41) is 34.2. The van der Waals surface area contributed by atoms with Crippen molar-refractivity contribution in [3.63, 3.8) is 0 Å². The van der Waals surface area contributed by atoms with Gasteiger partial charge in [-0.15, -0.1) is 20.4 Å². The van der Waals surface area contributed by atoms with Gasteiger partial charge in [0.15, 0.2) is 11.3 Å². The van der Waals surface area contributed by atoms with Crippen LogP contribution >= 0.6 is 11.6 Å². The second-order valence-electron chi connectivity index (χ2n) is 12.9. The fourth-order valence-corrected chi connectivity index (χ4v) is 6.46. The number of pyridine rings is 4. The van der Waals surface area contributed by atoms with Crippen molar-refractivity contribution in [3.05, 3.63) is 168 Å². The molecule has 2 aromatic carbocycles. The molecule has 10 rings (SSSR count). The quantitative estimate of drug-likeness (QED) is 0.117. The fraction of sp³-hybridized carbons (Fsp3) is 0.0488. The third kappa shape index (κ3) is 6.87. The normalized spacial score (nSPS) is 11.8. The Morgan fingerprint density at radius 2 is 1.03 bits per heavy atom. The molecule has 286 valence electrons. The molecule has 0 radical (unpaired) electrons. The van der Waals surface area contributed by atoms with Gasteiger partial charge in [-0.3, -0.25) is 9.97 Å². The molecule has 13 nitrogen and oxygen atoms in total. The van der Waals surface area contributed by atoms with E-state index in [-0.39, 0.29) is 33.3 Å². The summed E-state index contributed by atoms with van der Waals surface area (Å²) in [5.74, 6) is -8.02. The zero-order valence-electron chi connectivity index (χ0n) is 29.9. The number of fused-ring (bicyclic) bond motifs is 4. The number of benzene rings is 2. The Hall–Kier alpha value is -7.84. The first-order chi connectivity index (χ1) is 28.6. The predicted octanol–water partition coefficient (Wildman–Crippen LogP) is 8.27. The molecule has 0 atom stereocenters. The van der Waals surface area contributed by atoms with Crippen molar-refractivity contribution in [1.82, 2.24) is 59.6 Å². The molecule has 18 heteroatoms. The molecule has 0 bridgehead atoms. The lowest BCUT2D eigenvalue weighted by molar-refractivity contribution is 0.0303. The van der Waals surface area contributed by atoms with E-state index in [1.165, 1.54) is 42.7 Å². The summed E-state index contributed by atoms with van der Waals surface area (Å²) in [5.41, 5.74) is 3.46. The van der Waals surface area contributed by atoms with Crippen LogP contribution in [-0.4, -0.2) is 59.6 Å². The average Bonchev–Trinajstić information content (AvgIpc) is 3.91. The van der Waals surface area contributed by atoms with Crippen molar-refractivity contribution in [2.75, 3.05) is 0 Å². The minimum Gasteiger partial charge on any atom is -0.256 e. The zero-order chi connectivity index (χ0) is 40.7. The monoisotopic (exact) mass is 807 g/mol. The van der Waals surface area contributed by atoms with Crippen molar-refractivity contribution in [2.24, 2.45) is 0 Å². The van der Waals surface area contributed by atoms with Crippen molar-refractivity contribution in [2.45, 2.75) is 11.8 Å². The SMILES string of the molecule is FC(F)(c1ccc2ncccc2c1)c1nnc2ccc(-c3ccnc(Cl)c3)nn12.N#Cc1cc(-c2ccc3nnc(C(F)(F)c4ccc5ncccc5c4)n3n2)ccn1. The van der Waals surface area contributed by atoms with E-state index in [0.717, 1.165) is 9.03 Å². The molecular weight excluding hydrogens is 786 g/mol. The Kier molecular flexibility index (Phi) is 9.09. The van der Waals surface area contributed by atoms with E-state index < -0.39 is 23.5 Å². The summed E-state index contributed by atoms with van der Waals surface area (Å²) >= 11 is 5.93. The molecule has 0 aliphatic carbocycles. The minimum absolute atomic E-state index is 0.186. The highest BCUT2D eigenvalue weighted by molar-refractivity contribution is 6.29. The smallest absolute Gasteiger partial charge is 0.256 e. The van der Waals surface area contributed by atoms with Crippen LogP contribution < -0.4 is 0 Å². The van der Waals surface area contributed by atoms with E-state index in [2.05, 4.69) is 50.5 Å². The third-order valence-corrected chi connectivity index (χ3v) is 9.42. The van der Waals surface area contributed by atoms with Crippen LogP contribution in [0.25, 0.3) is 55.6 Å². The number of hydrogen-bond donors (Lipinski definition) is 0. The summed E-state index contributed by atoms with van der Waals surface area (Å²) in [6.07, 6.45) is 6.20. The topological polar surface area (TPSA) is 162 Å². The summed E-state index contributed by atoms with van der Waals surface area (Å²) in [7, 11) is 0. The lowest BCUT2D eigenvalue weighted by atomic mass is 10.0. The Morgan fingerprint density at radius 3 is 1.54 bits per heavy atom. The highest BCUT2D eigenvalue weighted by Gasteiger charge is 2.41. The number of rotatable bonds is 6. The van der Waals surface area contributed by atoms with Crippen LogP contribution in [-0.2, 0) is 11.8 Å². The van der Waals surface area contributed by atoms with Crippen molar-refractivity contribution >= 4 is 44.7 Å². The second kappa shape index (κ2) is 14.6. The number of halogens is 5. The number of hydrogen-bond acceptors (Lipinski definition) is 11. The van der Waals surface area contributed by atoms with E-state index in [9.17, 15) is 0 Å². The van der Waals surface area contributed by atoms with Crippen LogP contribution in [0, 0.1) is 11.3 Å². The first-order valence-electron chi connectivity index (χ1n) is 17.5. The summed E-state index contributed by atoms with van der Waals surface area (Å²) in [6, 6.07) is 30.2. The van der Waals surface area contributed by atoms with Gasteiger partial charge in [0.1, 0.15) is 16.9 Å². The van der Waals surface area contributed by atoms with Gasteiger partial charge in [0.25, 0.3) is 0 Å². The molecule has 0 saturated heterocycles. The summed E-state index contributed by atoms with van der Waals surface area (Å²) in [6.45, 7) is 0. The van der Waals surface area contributed by atoms with Gasteiger partial charge in [0.05, 0.1) is 22.4 Å². The van der Waals surface area contributed by atoms with Crippen LogP contribution in [0.1, 0.15) is 28.5 Å². The fourth-order valence-electron chi connectivity index (χ4n) is 6.29. The van der Waals surface area contributed by atoms with Gasteiger partial charge in [-0.2, -0.15) is 42.1 Å². The first-order valence-corrected chi connectivity index (χ1v) is 17.9. The molecule has 0 saturated carbocycles. The van der Waals surface area contributed by atoms with Gasteiger partial charge >= 0.3 is 11.8 Å². The lowest BCUT2D eigenvalue weighted by Gasteiger charge is -2.15. The van der Waals surface area contributed by atoms with Gasteiger partial charge in [0.2, 0.25) is 11.6 Å². The van der Waals surface area contributed by atoms with E-state index in [1.54, 1.807) is 91.3 Å². The van der Waals surface area contributed by atoms with Gasteiger partial charge in [-0.1, -0.05) is 35.9 Å². The van der Waals surface area contributed by atoms with Gasteiger partial charge in [-0.05, 0) is 84.9 Å². The Labute approximate surface area is 334 Å². The van der Waals surface area contributed by atoms with E-state index in [1.807, 2.05) is 6.07 Å². The summed E-state index contributed by atoms with van der Waals surface area (Å²) in [4.78, 5) is 16.2. The van der Waals surface area contributed by atoms with E-state index in [4.69, 9.17) is 16.9 Å². The zero-order valence-corrected chi connectivity index (χ0v) is 30.7. The van der Waals surface area contributed by atoms with Crippen LogP contribution in [0.5, 0.6) is 0 Å². The highest BCUT2D eigenvalue weighted by Crippen LogP contribution is 2.37. The molecule has 0 fully saturated rings. The highest BCUT2D eigenvalue weighted by atomic mass is 35.5. The minimum atomic E-state index is -3.44. The molecule has 59 heavy (non-hydrogen) atoms. The molecule has 0 spiro atoms. The number of nitrogens with zero attached hydrogens (tertiary/aromatic N) is 13. The maximum atomic E-state index is 15.4. The molecule has 0 aliphatic heterocycles. The molecule has 0 aliphatic rings. The van der Waals surface area contributed by atoms with E-state index >= 15 is 17.6 Å². The standard InChI is InChI=1S/C21H11F2N7.C20H11ClF2N6/c22-21(23,15-3-4-17-13(10-15)2-1-8-26-17)20-28-27-19-6-5-18(29-30(19)20)14-7-9-25-16(11-14)12-24;21-17-11-13(7-9-25-17)16-5-6-18-26-27-19(29(18)28-16)20(22,23)14-3-4-15-12(10-14)2-1-8-24-15/h1-11H;1-11H. The molecule has 0 amide bonds. The average molecular weight is 808 g/mol. The number of aromatic nitrogens is 12.